The number of guanidine groups is 1. The Labute approximate surface area is 172 Å². The van der Waals surface area contributed by atoms with E-state index in [-0.39, 0.29) is 42.0 Å². The number of rotatable bonds is 9. The van der Waals surface area contributed by atoms with Crippen molar-refractivity contribution in [3.63, 3.8) is 0 Å². The second-order valence-electron chi connectivity index (χ2n) is 7.61. The van der Waals surface area contributed by atoms with Crippen LogP contribution in [0.2, 0.25) is 0 Å². The molecule has 1 atom stereocenters. The van der Waals surface area contributed by atoms with Crippen LogP contribution in [0.4, 0.5) is 0 Å². The summed E-state index contributed by atoms with van der Waals surface area (Å²) in [6.07, 6.45) is 1.14. The van der Waals surface area contributed by atoms with Gasteiger partial charge in [0.25, 0.3) is 0 Å². The van der Waals surface area contributed by atoms with E-state index >= 15 is 0 Å². The fourth-order valence-corrected chi connectivity index (χ4v) is 2.71. The molecule has 0 aliphatic rings. The number of hydrogen-bond donors (Lipinski definition) is 3. The van der Waals surface area contributed by atoms with Gasteiger partial charge in [-0.05, 0) is 46.2 Å². The molecular weight excluding hydrogens is 429 g/mol. The van der Waals surface area contributed by atoms with Crippen molar-refractivity contribution < 1.29 is 4.79 Å². The highest BCUT2D eigenvalue weighted by Crippen LogP contribution is 2.10. The first kappa shape index (κ1) is 26.7. The Morgan fingerprint density at radius 3 is 2.08 bits per heavy atom. The minimum atomic E-state index is -0.221. The molecule has 0 radical (unpaired) electrons. The maximum absolute atomic E-state index is 11.9. The monoisotopic (exact) mass is 469 g/mol. The van der Waals surface area contributed by atoms with Gasteiger partial charge in [0.1, 0.15) is 0 Å². The van der Waals surface area contributed by atoms with Crippen LogP contribution in [0.3, 0.4) is 0 Å². The van der Waals surface area contributed by atoms with Crippen molar-refractivity contribution in [2.45, 2.75) is 66.5 Å². The van der Waals surface area contributed by atoms with Crippen LogP contribution < -0.4 is 16.0 Å². The normalized spacial score (nSPS) is 13.4. The average Bonchev–Trinajstić information content (AvgIpc) is 2.45. The van der Waals surface area contributed by atoms with Gasteiger partial charge >= 0.3 is 0 Å². The standard InChI is InChI=1S/C18H39N5O.HI/c1-9-23(10-2)15(11-14(3)4)12-20-17(19-8)21-13-16(24)22-18(5,6)7;/h14-15H,9-13H2,1-8H3,(H,22,24)(H2,19,20,21);1H. The Hall–Kier alpha value is -0.570. The molecule has 7 heteroatoms. The van der Waals surface area contributed by atoms with Crippen LogP contribution in [0.15, 0.2) is 4.99 Å². The number of halogens is 1. The second kappa shape index (κ2) is 13.6. The first-order valence-corrected chi connectivity index (χ1v) is 9.12. The minimum absolute atomic E-state index is 0. The van der Waals surface area contributed by atoms with Crippen LogP contribution in [0.1, 0.15) is 54.9 Å². The van der Waals surface area contributed by atoms with Crippen LogP contribution in [0.25, 0.3) is 0 Å². The van der Waals surface area contributed by atoms with E-state index in [1.54, 1.807) is 7.05 Å². The molecular formula is C18H40IN5O. The number of nitrogens with one attached hydrogen (secondary N) is 3. The number of hydrogen-bond acceptors (Lipinski definition) is 3. The molecule has 0 aliphatic heterocycles. The molecule has 0 saturated carbocycles. The molecule has 25 heavy (non-hydrogen) atoms. The Morgan fingerprint density at radius 1 is 1.12 bits per heavy atom. The molecule has 150 valence electrons. The summed E-state index contributed by atoms with van der Waals surface area (Å²) in [5.74, 6) is 1.28. The molecule has 1 unspecified atom stereocenters. The third-order valence-corrected chi connectivity index (χ3v) is 3.73. The summed E-state index contributed by atoms with van der Waals surface area (Å²) >= 11 is 0. The van der Waals surface area contributed by atoms with Crippen molar-refractivity contribution in [1.82, 2.24) is 20.9 Å². The maximum Gasteiger partial charge on any atom is 0.239 e. The van der Waals surface area contributed by atoms with Crippen LogP contribution in [0.5, 0.6) is 0 Å². The zero-order valence-corrected chi connectivity index (χ0v) is 19.7. The highest BCUT2D eigenvalue weighted by atomic mass is 127. The SMILES string of the molecule is CCN(CC)C(CNC(=NC)NCC(=O)NC(C)(C)C)CC(C)C.I. The Kier molecular flexibility index (Phi) is 14.5. The van der Waals surface area contributed by atoms with Gasteiger partial charge in [0, 0.05) is 25.2 Å². The lowest BCUT2D eigenvalue weighted by Crippen LogP contribution is -2.50. The van der Waals surface area contributed by atoms with Gasteiger partial charge in [0.05, 0.1) is 6.54 Å². The number of likely N-dealkylation sites (N-methyl/N-ethyl adjacent to an activating group) is 1. The predicted octanol–water partition coefficient (Wildman–Crippen LogP) is 2.44. The molecule has 1 amide bonds. The number of aliphatic imine (C=N–C) groups is 1. The largest absolute Gasteiger partial charge is 0.355 e. The Bertz CT molecular complexity index is 389. The van der Waals surface area contributed by atoms with E-state index in [1.165, 1.54) is 0 Å². The Morgan fingerprint density at radius 2 is 1.68 bits per heavy atom. The third-order valence-electron chi connectivity index (χ3n) is 3.73. The second-order valence-corrected chi connectivity index (χ2v) is 7.61. The topological polar surface area (TPSA) is 68.8 Å². The van der Waals surface area contributed by atoms with E-state index in [4.69, 9.17) is 0 Å². The molecule has 0 fully saturated rings. The van der Waals surface area contributed by atoms with Crippen LogP contribution in [0, 0.1) is 5.92 Å². The summed E-state index contributed by atoms with van der Waals surface area (Å²) < 4.78 is 0. The van der Waals surface area contributed by atoms with Crippen molar-refractivity contribution in [2.75, 3.05) is 33.2 Å². The summed E-state index contributed by atoms with van der Waals surface area (Å²) in [5, 5.41) is 9.38. The first-order valence-electron chi connectivity index (χ1n) is 9.12. The van der Waals surface area contributed by atoms with Gasteiger partial charge in [-0.15, -0.1) is 24.0 Å². The van der Waals surface area contributed by atoms with Gasteiger partial charge < -0.3 is 16.0 Å². The van der Waals surface area contributed by atoms with Crippen LogP contribution in [-0.2, 0) is 4.79 Å². The summed E-state index contributed by atoms with van der Waals surface area (Å²) in [5.41, 5.74) is -0.221. The molecule has 0 heterocycles. The zero-order valence-electron chi connectivity index (χ0n) is 17.4. The molecule has 0 spiro atoms. The number of amides is 1. The van der Waals surface area contributed by atoms with E-state index in [1.807, 2.05) is 20.8 Å². The van der Waals surface area contributed by atoms with Crippen molar-refractivity contribution >= 4 is 35.8 Å². The molecule has 0 bridgehead atoms. The van der Waals surface area contributed by atoms with Crippen molar-refractivity contribution in [3.8, 4) is 0 Å². The van der Waals surface area contributed by atoms with Crippen molar-refractivity contribution in [3.05, 3.63) is 0 Å². The predicted molar refractivity (Wildman–Crippen MR) is 119 cm³/mol. The van der Waals surface area contributed by atoms with E-state index in [0.29, 0.717) is 17.9 Å². The maximum atomic E-state index is 11.9. The lowest BCUT2D eigenvalue weighted by molar-refractivity contribution is -0.121. The average molecular weight is 469 g/mol. The van der Waals surface area contributed by atoms with Gasteiger partial charge in [-0.1, -0.05) is 27.7 Å². The summed E-state index contributed by atoms with van der Waals surface area (Å²) in [6.45, 7) is 17.9. The van der Waals surface area contributed by atoms with E-state index < -0.39 is 0 Å². The number of carbonyl (C=O) groups excluding carboxylic acids is 1. The Balaban J connectivity index is 0. The van der Waals surface area contributed by atoms with Gasteiger partial charge in [-0.3, -0.25) is 14.7 Å². The molecule has 0 rings (SSSR count). The quantitative estimate of drug-likeness (QED) is 0.276. The van der Waals surface area contributed by atoms with Crippen molar-refractivity contribution in [2.24, 2.45) is 10.9 Å². The summed E-state index contributed by atoms with van der Waals surface area (Å²) in [7, 11) is 1.73. The fraction of sp³-hybridized carbons (Fsp3) is 0.889. The lowest BCUT2D eigenvalue weighted by atomic mass is 10.0. The summed E-state index contributed by atoms with van der Waals surface area (Å²) in [6, 6.07) is 0.460. The summed E-state index contributed by atoms with van der Waals surface area (Å²) in [4.78, 5) is 18.6. The van der Waals surface area contributed by atoms with E-state index in [0.717, 1.165) is 26.1 Å². The molecule has 0 aromatic rings. The fourth-order valence-electron chi connectivity index (χ4n) is 2.71. The highest BCUT2D eigenvalue weighted by molar-refractivity contribution is 14.0. The lowest BCUT2D eigenvalue weighted by Gasteiger charge is -2.31. The van der Waals surface area contributed by atoms with Gasteiger partial charge in [0.15, 0.2) is 5.96 Å². The molecule has 6 nitrogen and oxygen atoms in total. The van der Waals surface area contributed by atoms with Crippen molar-refractivity contribution in [1.29, 1.82) is 0 Å². The number of nitrogens with zero attached hydrogens (tertiary/aromatic N) is 2. The van der Waals surface area contributed by atoms with E-state index in [9.17, 15) is 4.79 Å². The zero-order chi connectivity index (χ0) is 18.8. The molecule has 0 aromatic heterocycles. The van der Waals surface area contributed by atoms with Crippen LogP contribution >= 0.6 is 24.0 Å². The third kappa shape index (κ3) is 13.3. The van der Waals surface area contributed by atoms with Crippen LogP contribution in [-0.4, -0.2) is 61.6 Å². The highest BCUT2D eigenvalue weighted by Gasteiger charge is 2.18. The van der Waals surface area contributed by atoms with Gasteiger partial charge in [0.2, 0.25) is 5.91 Å². The number of carbonyl (C=O) groups is 1. The van der Waals surface area contributed by atoms with E-state index in [2.05, 4.69) is 53.5 Å². The minimum Gasteiger partial charge on any atom is -0.355 e. The van der Waals surface area contributed by atoms with Gasteiger partial charge in [-0.25, -0.2) is 0 Å². The smallest absolute Gasteiger partial charge is 0.239 e. The molecule has 0 aliphatic carbocycles. The first-order chi connectivity index (χ1) is 11.1. The molecule has 3 N–H and O–H groups in total. The molecule has 0 saturated heterocycles. The molecule has 0 aromatic carbocycles. The van der Waals surface area contributed by atoms with Gasteiger partial charge in [-0.2, -0.15) is 0 Å².